The molecular weight excluding hydrogens is 874 g/mol. The topological polar surface area (TPSA) is 380 Å². The molecule has 1 saturated carbocycles. The molecule has 0 aromatic heterocycles. The minimum Gasteiger partial charge on any atom is -0.477 e. The molecular formula is C41H71NO23. The maximum absolute atomic E-state index is 12.9. The second-order valence-corrected chi connectivity index (χ2v) is 17.4. The summed E-state index contributed by atoms with van der Waals surface area (Å²) in [6, 6.07) is -1.34. The largest absolute Gasteiger partial charge is 0.477 e. The SMILES string of the molecule is COC(=O)CCCCCCCCOC1OC(CO)C(OC2CC(CO)C(O)C(OC3(C(=O)O)CC(O)C(C)C([C@H](O)[C@H](O)CO)O3)C2O)C(OC2OC(C)C(O)C(O)C2O)C1NC(C)=O. The number of unbranched alkanes of at least 4 members (excludes halogenated alkanes) is 5. The molecule has 4 fully saturated rings. The van der Waals surface area contributed by atoms with E-state index in [1.165, 1.54) is 27.9 Å². The minimum absolute atomic E-state index is 0.0813. The van der Waals surface area contributed by atoms with Gasteiger partial charge in [-0.2, -0.15) is 0 Å². The van der Waals surface area contributed by atoms with Gasteiger partial charge in [0.2, 0.25) is 5.91 Å². The summed E-state index contributed by atoms with van der Waals surface area (Å²) in [6.45, 7) is 1.48. The van der Waals surface area contributed by atoms with Crippen molar-refractivity contribution >= 4 is 17.8 Å². The Kier molecular flexibility index (Phi) is 21.6. The smallest absolute Gasteiger partial charge is 0.364 e. The summed E-state index contributed by atoms with van der Waals surface area (Å²) in [5.41, 5.74) is 0. The first-order valence-corrected chi connectivity index (χ1v) is 22.2. The summed E-state index contributed by atoms with van der Waals surface area (Å²) in [5, 5.41) is 131. The van der Waals surface area contributed by atoms with Gasteiger partial charge < -0.3 is 104 Å². The minimum atomic E-state index is -2.91. The highest BCUT2D eigenvalue weighted by molar-refractivity contribution is 5.76. The second kappa shape index (κ2) is 25.3. The number of hydrogen-bond donors (Lipinski definition) is 13. The molecule has 21 atom stereocenters. The highest BCUT2D eigenvalue weighted by atomic mass is 16.7. The van der Waals surface area contributed by atoms with Crippen LogP contribution in [0.25, 0.3) is 0 Å². The Morgan fingerprint density at radius 1 is 0.785 bits per heavy atom. The summed E-state index contributed by atoms with van der Waals surface area (Å²) in [5.74, 6) is -7.93. The Morgan fingerprint density at radius 2 is 1.45 bits per heavy atom. The van der Waals surface area contributed by atoms with E-state index in [-0.39, 0.29) is 19.0 Å². The van der Waals surface area contributed by atoms with Crippen LogP contribution >= 0.6 is 0 Å². The molecule has 0 bridgehead atoms. The third-order valence-electron chi connectivity index (χ3n) is 12.7. The van der Waals surface area contributed by atoms with E-state index in [0.717, 1.165) is 19.3 Å². The van der Waals surface area contributed by atoms with Crippen LogP contribution in [0.3, 0.4) is 0 Å². The molecule has 65 heavy (non-hydrogen) atoms. The fourth-order valence-electron chi connectivity index (χ4n) is 8.73. The van der Waals surface area contributed by atoms with Gasteiger partial charge in [-0.05, 0) is 26.2 Å². The lowest BCUT2D eigenvalue weighted by atomic mass is 9.80. The first-order valence-electron chi connectivity index (χ1n) is 22.2. The monoisotopic (exact) mass is 945 g/mol. The molecule has 19 unspecified atom stereocenters. The molecule has 0 aromatic carbocycles. The first-order chi connectivity index (χ1) is 30.7. The fourth-order valence-corrected chi connectivity index (χ4v) is 8.73. The maximum atomic E-state index is 12.9. The van der Waals surface area contributed by atoms with Crippen molar-refractivity contribution in [3.05, 3.63) is 0 Å². The molecule has 3 saturated heterocycles. The van der Waals surface area contributed by atoms with Crippen LogP contribution in [-0.2, 0) is 52.3 Å². The Labute approximate surface area is 376 Å². The van der Waals surface area contributed by atoms with E-state index < -0.39 is 166 Å². The number of nitrogens with one attached hydrogen (secondary N) is 1. The van der Waals surface area contributed by atoms with Gasteiger partial charge in [0.15, 0.2) is 12.6 Å². The number of methoxy groups -OCH3 is 1. The molecule has 0 radical (unpaired) electrons. The number of carboxylic acids is 1. The lowest BCUT2D eigenvalue weighted by Crippen LogP contribution is -2.70. The van der Waals surface area contributed by atoms with Crippen molar-refractivity contribution in [2.24, 2.45) is 11.8 Å². The summed E-state index contributed by atoms with van der Waals surface area (Å²) in [4.78, 5) is 37.1. The van der Waals surface area contributed by atoms with Crippen molar-refractivity contribution in [3.8, 4) is 0 Å². The highest BCUT2D eigenvalue weighted by Gasteiger charge is 2.59. The van der Waals surface area contributed by atoms with E-state index in [1.54, 1.807) is 0 Å². The van der Waals surface area contributed by atoms with Crippen LogP contribution in [0, 0.1) is 11.8 Å². The number of carbonyl (C=O) groups excluding carboxylic acids is 2. The molecule has 378 valence electrons. The van der Waals surface area contributed by atoms with Crippen molar-refractivity contribution in [3.63, 3.8) is 0 Å². The molecule has 3 aliphatic heterocycles. The Bertz CT molecular complexity index is 1480. The average Bonchev–Trinajstić information content (AvgIpc) is 3.27. The number of amides is 1. The summed E-state index contributed by atoms with van der Waals surface area (Å²) < 4.78 is 47.0. The van der Waals surface area contributed by atoms with Gasteiger partial charge in [0, 0.05) is 44.8 Å². The number of carbonyl (C=O) groups is 3. The molecule has 24 heteroatoms. The van der Waals surface area contributed by atoms with Crippen LogP contribution in [0.5, 0.6) is 0 Å². The Hall–Kier alpha value is -2.31. The number of aliphatic hydroxyl groups excluding tert-OH is 11. The fraction of sp³-hybridized carbons (Fsp3) is 0.927. The molecule has 3 heterocycles. The van der Waals surface area contributed by atoms with Crippen LogP contribution in [0.2, 0.25) is 0 Å². The van der Waals surface area contributed by atoms with Crippen LogP contribution in [0.1, 0.15) is 78.6 Å². The van der Waals surface area contributed by atoms with Gasteiger partial charge >= 0.3 is 11.9 Å². The zero-order valence-corrected chi connectivity index (χ0v) is 37.1. The van der Waals surface area contributed by atoms with Crippen molar-refractivity contribution in [1.29, 1.82) is 0 Å². The van der Waals surface area contributed by atoms with Crippen LogP contribution in [0.4, 0.5) is 0 Å². The number of hydrogen-bond acceptors (Lipinski definition) is 22. The van der Waals surface area contributed by atoms with E-state index in [9.17, 15) is 75.7 Å². The lowest BCUT2D eigenvalue weighted by Gasteiger charge is -2.52. The van der Waals surface area contributed by atoms with Crippen molar-refractivity contribution in [2.75, 3.05) is 33.5 Å². The predicted molar refractivity (Wildman–Crippen MR) is 216 cm³/mol. The second-order valence-electron chi connectivity index (χ2n) is 17.4. The van der Waals surface area contributed by atoms with Gasteiger partial charge in [0.25, 0.3) is 5.79 Å². The van der Waals surface area contributed by atoms with E-state index in [4.69, 9.17) is 33.2 Å². The highest BCUT2D eigenvalue weighted by Crippen LogP contribution is 2.42. The van der Waals surface area contributed by atoms with E-state index in [2.05, 4.69) is 10.1 Å². The van der Waals surface area contributed by atoms with Gasteiger partial charge in [-0.15, -0.1) is 0 Å². The summed E-state index contributed by atoms with van der Waals surface area (Å²) in [7, 11) is 1.33. The van der Waals surface area contributed by atoms with Gasteiger partial charge in [-0.3, -0.25) is 9.59 Å². The van der Waals surface area contributed by atoms with Crippen molar-refractivity contribution < 1.29 is 114 Å². The van der Waals surface area contributed by atoms with E-state index >= 15 is 0 Å². The van der Waals surface area contributed by atoms with Gasteiger partial charge in [0.05, 0.1) is 50.8 Å². The third kappa shape index (κ3) is 13.7. The Morgan fingerprint density at radius 3 is 2.05 bits per heavy atom. The number of carboxylic acid groups (broad SMARTS) is 1. The standard InChI is InChI=1S/C41H71NO23/c1-18-22(47)14-41(40(56)57,64-34(18)30(52)23(48)16-44)65-37-29(51)21(15-43)13-24(31(37)53)61-35-25(17-45)62-38(59-12-10-8-6-5-7-9-11-26(49)58-4)27(42-20(3)46)36(35)63-39-33(55)32(54)28(50)19(2)60-39/h18-19,21-25,27-39,43-45,47-48,50-55H,5-17H2,1-4H3,(H,42,46)(H,56,57)/t18?,19?,21?,22?,23-,24?,25?,27?,28?,29?,30-,31?,32?,33?,34?,35?,36?,37?,38?,39?,41?/m1/s1. The molecule has 4 rings (SSSR count). The van der Waals surface area contributed by atoms with Gasteiger partial charge in [-0.1, -0.05) is 32.6 Å². The normalized spacial score (nSPS) is 41.0. The predicted octanol–water partition coefficient (Wildman–Crippen LogP) is -4.50. The third-order valence-corrected chi connectivity index (χ3v) is 12.7. The van der Waals surface area contributed by atoms with Crippen molar-refractivity contribution in [1.82, 2.24) is 5.32 Å². The zero-order chi connectivity index (χ0) is 48.3. The summed E-state index contributed by atoms with van der Waals surface area (Å²) >= 11 is 0. The lowest BCUT2D eigenvalue weighted by molar-refractivity contribution is -0.362. The summed E-state index contributed by atoms with van der Waals surface area (Å²) in [6.07, 6.45) is -24.8. The number of aliphatic hydroxyl groups is 11. The molecule has 4 aliphatic rings. The molecule has 24 nitrogen and oxygen atoms in total. The number of ether oxygens (including phenoxy) is 8. The maximum Gasteiger partial charge on any atom is 0.364 e. The van der Waals surface area contributed by atoms with E-state index in [0.29, 0.717) is 25.7 Å². The number of rotatable bonds is 23. The molecule has 1 amide bonds. The average molecular weight is 946 g/mol. The molecule has 13 N–H and O–H groups in total. The number of esters is 1. The van der Waals surface area contributed by atoms with E-state index in [1.807, 2.05) is 0 Å². The Balaban J connectivity index is 1.64. The molecule has 1 aliphatic carbocycles. The van der Waals surface area contributed by atoms with Gasteiger partial charge in [-0.25, -0.2) is 4.79 Å². The first kappa shape index (κ1) is 55.3. The number of aliphatic carboxylic acids is 1. The van der Waals surface area contributed by atoms with Crippen LogP contribution in [0.15, 0.2) is 0 Å². The molecule has 0 spiro atoms. The molecule has 0 aromatic rings. The van der Waals surface area contributed by atoms with Crippen LogP contribution < -0.4 is 5.32 Å². The zero-order valence-electron chi connectivity index (χ0n) is 37.1. The van der Waals surface area contributed by atoms with Gasteiger partial charge in [0.1, 0.15) is 67.1 Å². The van der Waals surface area contributed by atoms with Crippen LogP contribution in [-0.4, -0.2) is 229 Å². The quantitative estimate of drug-likeness (QED) is 0.0339. The van der Waals surface area contributed by atoms with Crippen molar-refractivity contribution in [2.45, 2.75) is 195 Å².